The van der Waals surface area contributed by atoms with Gasteiger partial charge in [0.1, 0.15) is 11.4 Å². The van der Waals surface area contributed by atoms with Crippen molar-refractivity contribution in [3.8, 4) is 5.75 Å². The van der Waals surface area contributed by atoms with Crippen LogP contribution in [0.5, 0.6) is 5.75 Å². The number of hydrogen-bond acceptors (Lipinski definition) is 6. The molecule has 4 heterocycles. The third-order valence-electron chi connectivity index (χ3n) is 8.43. The van der Waals surface area contributed by atoms with Crippen LogP contribution >= 0.6 is 11.3 Å². The Morgan fingerprint density at radius 3 is 2.57 bits per heavy atom. The summed E-state index contributed by atoms with van der Waals surface area (Å²) in [6, 6.07) is 9.00. The van der Waals surface area contributed by atoms with Crippen LogP contribution in [0.2, 0.25) is 0 Å². The number of rotatable bonds is 4. The van der Waals surface area contributed by atoms with Gasteiger partial charge in [0.2, 0.25) is 0 Å². The predicted molar refractivity (Wildman–Crippen MR) is 148 cm³/mol. The lowest BCUT2D eigenvalue weighted by atomic mass is 9.90. The van der Waals surface area contributed by atoms with E-state index in [1.165, 1.54) is 45.5 Å². The van der Waals surface area contributed by atoms with Crippen molar-refractivity contribution in [1.82, 2.24) is 9.88 Å². The van der Waals surface area contributed by atoms with E-state index in [-0.39, 0.29) is 11.1 Å². The SMILES string of the molecule is Cc1c2c(c(C)c3c1NC(C)(C)C3)OC(C)(CN1CCC(N(C)c3nc4ccccc4s3)CC1)C2. The van der Waals surface area contributed by atoms with Gasteiger partial charge in [-0.1, -0.05) is 23.5 Å². The minimum absolute atomic E-state index is 0.124. The number of piperidine rings is 1. The molecule has 186 valence electrons. The van der Waals surface area contributed by atoms with E-state index in [1.54, 1.807) is 11.3 Å². The van der Waals surface area contributed by atoms with Gasteiger partial charge in [-0.05, 0) is 82.7 Å². The average Bonchev–Trinajstić information content (AvgIpc) is 3.50. The van der Waals surface area contributed by atoms with Crippen molar-refractivity contribution in [3.05, 3.63) is 46.5 Å². The van der Waals surface area contributed by atoms with E-state index < -0.39 is 0 Å². The summed E-state index contributed by atoms with van der Waals surface area (Å²) >= 11 is 1.81. The normalized spacial score (nSPS) is 23.7. The van der Waals surface area contributed by atoms with Crippen LogP contribution in [0.15, 0.2) is 24.3 Å². The topological polar surface area (TPSA) is 40.6 Å². The molecule has 3 aliphatic rings. The van der Waals surface area contributed by atoms with Gasteiger partial charge in [0.15, 0.2) is 5.13 Å². The van der Waals surface area contributed by atoms with E-state index in [0.29, 0.717) is 6.04 Å². The van der Waals surface area contributed by atoms with Crippen LogP contribution in [0.3, 0.4) is 0 Å². The lowest BCUT2D eigenvalue weighted by Gasteiger charge is -2.39. The molecule has 1 aromatic heterocycles. The molecule has 0 radical (unpaired) electrons. The molecule has 0 saturated carbocycles. The fourth-order valence-electron chi connectivity index (χ4n) is 6.51. The minimum Gasteiger partial charge on any atom is -0.485 e. The largest absolute Gasteiger partial charge is 0.485 e. The molecular weight excluding hydrogens is 452 g/mol. The number of thiazole rings is 1. The Labute approximate surface area is 213 Å². The summed E-state index contributed by atoms with van der Waals surface area (Å²) in [6.45, 7) is 14.6. The molecule has 1 unspecified atom stereocenters. The number of aromatic nitrogens is 1. The highest BCUT2D eigenvalue weighted by molar-refractivity contribution is 7.22. The Morgan fingerprint density at radius 1 is 1.09 bits per heavy atom. The summed E-state index contributed by atoms with van der Waals surface area (Å²) < 4.78 is 8.06. The molecule has 0 spiro atoms. The number of nitrogens with zero attached hydrogens (tertiary/aromatic N) is 3. The first kappa shape index (κ1) is 23.1. The number of para-hydroxylation sites is 1. The van der Waals surface area contributed by atoms with Crippen molar-refractivity contribution in [2.45, 2.75) is 77.5 Å². The number of hydrogen-bond donors (Lipinski definition) is 1. The molecule has 0 amide bonds. The highest BCUT2D eigenvalue weighted by Gasteiger charge is 2.42. The summed E-state index contributed by atoms with van der Waals surface area (Å²) in [4.78, 5) is 9.91. The maximum Gasteiger partial charge on any atom is 0.186 e. The zero-order chi connectivity index (χ0) is 24.5. The summed E-state index contributed by atoms with van der Waals surface area (Å²) in [5.41, 5.74) is 8.04. The molecule has 3 aromatic rings. The number of anilines is 2. The molecule has 1 saturated heterocycles. The van der Waals surface area contributed by atoms with Crippen LogP contribution in [0.25, 0.3) is 10.2 Å². The van der Waals surface area contributed by atoms with E-state index >= 15 is 0 Å². The van der Waals surface area contributed by atoms with E-state index in [1.807, 2.05) is 0 Å². The standard InChI is InChI=1S/C29H38N4OS/c1-18-22-16-29(5,34-26(22)19(2)21-15-28(3,4)31-25(18)21)17-33-13-11-20(12-14-33)32(6)27-30-23-9-7-8-10-24(23)35-27/h7-10,20,31H,11-17H2,1-6H3. The molecule has 35 heavy (non-hydrogen) atoms. The second-order valence-corrected chi connectivity index (χ2v) is 12.9. The Balaban J connectivity index is 1.12. The third kappa shape index (κ3) is 3.99. The maximum absolute atomic E-state index is 6.79. The van der Waals surface area contributed by atoms with Crippen molar-refractivity contribution < 1.29 is 4.74 Å². The van der Waals surface area contributed by atoms with Gasteiger partial charge in [-0.2, -0.15) is 0 Å². The van der Waals surface area contributed by atoms with Crippen molar-refractivity contribution in [2.75, 3.05) is 36.9 Å². The molecule has 6 rings (SSSR count). The van der Waals surface area contributed by atoms with Crippen molar-refractivity contribution in [2.24, 2.45) is 0 Å². The first-order valence-electron chi connectivity index (χ1n) is 13.1. The van der Waals surface area contributed by atoms with Crippen molar-refractivity contribution in [3.63, 3.8) is 0 Å². The van der Waals surface area contributed by atoms with Gasteiger partial charge in [0.05, 0.1) is 10.2 Å². The van der Waals surface area contributed by atoms with Crippen molar-refractivity contribution >= 4 is 32.4 Å². The minimum atomic E-state index is -0.159. The van der Waals surface area contributed by atoms with Gasteiger partial charge in [0, 0.05) is 55.9 Å². The van der Waals surface area contributed by atoms with Crippen LogP contribution in [0.4, 0.5) is 10.8 Å². The van der Waals surface area contributed by atoms with Crippen LogP contribution in [-0.4, -0.2) is 53.7 Å². The van der Waals surface area contributed by atoms with Crippen LogP contribution in [0.1, 0.15) is 55.9 Å². The molecule has 5 nitrogen and oxygen atoms in total. The molecule has 1 N–H and O–H groups in total. The first-order valence-corrected chi connectivity index (χ1v) is 13.9. The molecule has 3 aliphatic heterocycles. The van der Waals surface area contributed by atoms with Gasteiger partial charge in [-0.25, -0.2) is 4.98 Å². The Morgan fingerprint density at radius 2 is 1.83 bits per heavy atom. The van der Waals surface area contributed by atoms with Gasteiger partial charge in [0.25, 0.3) is 0 Å². The summed E-state index contributed by atoms with van der Waals surface area (Å²) in [5, 5.41) is 4.92. The molecule has 2 aromatic carbocycles. The Hall–Kier alpha value is -2.31. The lowest BCUT2D eigenvalue weighted by Crippen LogP contribution is -2.50. The predicted octanol–water partition coefficient (Wildman–Crippen LogP) is 5.95. The van der Waals surface area contributed by atoms with E-state index in [0.717, 1.165) is 48.9 Å². The van der Waals surface area contributed by atoms with Crippen molar-refractivity contribution in [1.29, 1.82) is 0 Å². The van der Waals surface area contributed by atoms with E-state index in [2.05, 4.69) is 81.0 Å². The number of ether oxygens (including phenoxy) is 1. The fourth-order valence-corrected chi connectivity index (χ4v) is 7.51. The molecule has 1 atom stereocenters. The van der Waals surface area contributed by atoms with Gasteiger partial charge in [-0.3, -0.25) is 4.90 Å². The zero-order valence-corrected chi connectivity index (χ0v) is 22.8. The average molecular weight is 491 g/mol. The summed E-state index contributed by atoms with van der Waals surface area (Å²) in [5.74, 6) is 1.16. The first-order chi connectivity index (χ1) is 16.6. The molecule has 0 bridgehead atoms. The summed E-state index contributed by atoms with van der Waals surface area (Å²) in [6.07, 6.45) is 4.40. The molecule has 6 heteroatoms. The van der Waals surface area contributed by atoms with Gasteiger partial charge in [-0.15, -0.1) is 0 Å². The number of likely N-dealkylation sites (tertiary alicyclic amines) is 1. The van der Waals surface area contributed by atoms with Gasteiger partial charge >= 0.3 is 0 Å². The molecule has 1 fully saturated rings. The fraction of sp³-hybridized carbons (Fsp3) is 0.552. The second kappa shape index (κ2) is 8.10. The molecule has 0 aliphatic carbocycles. The molecular formula is C29H38N4OS. The lowest BCUT2D eigenvalue weighted by molar-refractivity contribution is 0.0524. The monoisotopic (exact) mass is 490 g/mol. The highest BCUT2D eigenvalue weighted by atomic mass is 32.1. The Kier molecular flexibility index (Phi) is 5.35. The quantitative estimate of drug-likeness (QED) is 0.489. The van der Waals surface area contributed by atoms with E-state index in [4.69, 9.17) is 9.72 Å². The van der Waals surface area contributed by atoms with Crippen LogP contribution in [-0.2, 0) is 12.8 Å². The second-order valence-electron chi connectivity index (χ2n) is 11.9. The summed E-state index contributed by atoms with van der Waals surface area (Å²) in [7, 11) is 2.22. The number of nitrogens with one attached hydrogen (secondary N) is 1. The number of fused-ring (bicyclic) bond motifs is 3. The number of benzene rings is 2. The van der Waals surface area contributed by atoms with E-state index in [9.17, 15) is 0 Å². The van der Waals surface area contributed by atoms with Crippen LogP contribution < -0.4 is 15.0 Å². The maximum atomic E-state index is 6.79. The van der Waals surface area contributed by atoms with Gasteiger partial charge < -0.3 is 15.0 Å². The Bertz CT molecular complexity index is 1210. The highest BCUT2D eigenvalue weighted by Crippen LogP contribution is 2.48. The third-order valence-corrected chi connectivity index (χ3v) is 9.55. The zero-order valence-electron chi connectivity index (χ0n) is 22.0. The van der Waals surface area contributed by atoms with Crippen LogP contribution in [0, 0.1) is 13.8 Å². The smallest absolute Gasteiger partial charge is 0.186 e.